The summed E-state index contributed by atoms with van der Waals surface area (Å²) in [7, 11) is 0. The average molecular weight is 397 g/mol. The summed E-state index contributed by atoms with van der Waals surface area (Å²) in [5, 5.41) is 3.24. The van der Waals surface area contributed by atoms with Crippen LogP contribution in [0.1, 0.15) is 60.8 Å². The van der Waals surface area contributed by atoms with Gasteiger partial charge in [0.05, 0.1) is 12.1 Å². The molecular formula is C15H32IN3O. The molecule has 0 radical (unpaired) electrons. The summed E-state index contributed by atoms with van der Waals surface area (Å²) < 4.78 is 5.86. The molecule has 120 valence electrons. The molecule has 1 aliphatic carbocycles. The van der Waals surface area contributed by atoms with Gasteiger partial charge >= 0.3 is 0 Å². The minimum atomic E-state index is -0.0439. The van der Waals surface area contributed by atoms with Gasteiger partial charge in [-0.15, -0.1) is 24.0 Å². The maximum Gasteiger partial charge on any atom is 0.189 e. The van der Waals surface area contributed by atoms with Crippen LogP contribution < -0.4 is 11.1 Å². The molecule has 5 heteroatoms. The molecule has 1 rings (SSSR count). The van der Waals surface area contributed by atoms with Crippen LogP contribution in [0, 0.1) is 5.41 Å². The minimum Gasteiger partial charge on any atom is -0.378 e. The van der Waals surface area contributed by atoms with E-state index in [1.165, 1.54) is 0 Å². The fraction of sp³-hybridized carbons (Fsp3) is 0.933. The Labute approximate surface area is 141 Å². The molecule has 4 nitrogen and oxygen atoms in total. The number of rotatable bonds is 5. The summed E-state index contributed by atoms with van der Waals surface area (Å²) >= 11 is 0. The highest BCUT2D eigenvalue weighted by Gasteiger charge is 2.53. The third-order valence-electron chi connectivity index (χ3n) is 4.22. The van der Waals surface area contributed by atoms with E-state index in [1.54, 1.807) is 0 Å². The Morgan fingerprint density at radius 1 is 1.30 bits per heavy atom. The Morgan fingerprint density at radius 3 is 2.25 bits per heavy atom. The van der Waals surface area contributed by atoms with Crippen molar-refractivity contribution in [2.75, 3.05) is 6.61 Å². The van der Waals surface area contributed by atoms with Gasteiger partial charge in [0.15, 0.2) is 5.96 Å². The summed E-state index contributed by atoms with van der Waals surface area (Å²) in [5.74, 6) is 0.554. The molecule has 0 aromatic carbocycles. The van der Waals surface area contributed by atoms with Crippen LogP contribution in [0.15, 0.2) is 4.99 Å². The second-order valence-electron chi connectivity index (χ2n) is 6.53. The van der Waals surface area contributed by atoms with E-state index >= 15 is 0 Å². The van der Waals surface area contributed by atoms with Gasteiger partial charge in [0.2, 0.25) is 0 Å². The van der Waals surface area contributed by atoms with Gasteiger partial charge < -0.3 is 15.8 Å². The highest BCUT2D eigenvalue weighted by molar-refractivity contribution is 14.0. The SMILES string of the molecule is CCOC1CC(N=C(N)NC(C)(C)C)C1(CC)CC.I. The van der Waals surface area contributed by atoms with Crippen molar-refractivity contribution in [3.05, 3.63) is 0 Å². The lowest BCUT2D eigenvalue weighted by Gasteiger charge is -2.53. The Kier molecular flexibility index (Phi) is 7.81. The first-order valence-corrected chi connectivity index (χ1v) is 7.52. The Bertz CT molecular complexity index is 322. The van der Waals surface area contributed by atoms with Crippen LogP contribution in [0.4, 0.5) is 0 Å². The van der Waals surface area contributed by atoms with Crippen molar-refractivity contribution in [3.8, 4) is 0 Å². The number of guanidine groups is 1. The van der Waals surface area contributed by atoms with Gasteiger partial charge in [0.25, 0.3) is 0 Å². The molecule has 1 fully saturated rings. The molecule has 0 aromatic rings. The molecule has 2 unspecified atom stereocenters. The summed E-state index contributed by atoms with van der Waals surface area (Å²) in [6.45, 7) is 13.6. The molecule has 1 aliphatic rings. The number of hydrogen-bond acceptors (Lipinski definition) is 2. The van der Waals surface area contributed by atoms with Crippen molar-refractivity contribution in [1.82, 2.24) is 5.32 Å². The number of nitrogens with two attached hydrogens (primary N) is 1. The monoisotopic (exact) mass is 397 g/mol. The third-order valence-corrected chi connectivity index (χ3v) is 4.22. The van der Waals surface area contributed by atoms with Crippen molar-refractivity contribution >= 4 is 29.9 Å². The van der Waals surface area contributed by atoms with Gasteiger partial charge in [-0.2, -0.15) is 0 Å². The zero-order valence-electron chi connectivity index (χ0n) is 13.8. The molecule has 1 saturated carbocycles. The Balaban J connectivity index is 0.00000361. The van der Waals surface area contributed by atoms with E-state index in [9.17, 15) is 0 Å². The molecule has 0 aromatic heterocycles. The third kappa shape index (κ3) is 4.48. The van der Waals surface area contributed by atoms with Crippen LogP contribution in [0.5, 0.6) is 0 Å². The van der Waals surface area contributed by atoms with E-state index in [0.717, 1.165) is 25.9 Å². The molecule has 0 heterocycles. The van der Waals surface area contributed by atoms with Crippen molar-refractivity contribution in [2.24, 2.45) is 16.1 Å². The van der Waals surface area contributed by atoms with E-state index in [4.69, 9.17) is 15.5 Å². The van der Waals surface area contributed by atoms with E-state index in [1.807, 2.05) is 0 Å². The molecule has 0 spiro atoms. The highest BCUT2D eigenvalue weighted by Crippen LogP contribution is 2.50. The second-order valence-corrected chi connectivity index (χ2v) is 6.53. The first kappa shape index (κ1) is 20.0. The van der Waals surface area contributed by atoms with E-state index in [2.05, 4.69) is 46.9 Å². The number of ether oxygens (including phenoxy) is 1. The smallest absolute Gasteiger partial charge is 0.189 e. The largest absolute Gasteiger partial charge is 0.378 e. The first-order valence-electron chi connectivity index (χ1n) is 7.52. The lowest BCUT2D eigenvalue weighted by atomic mass is 9.59. The minimum absolute atomic E-state index is 0. The molecular weight excluding hydrogens is 365 g/mol. The molecule has 0 saturated heterocycles. The molecule has 3 N–H and O–H groups in total. The predicted octanol–water partition coefficient (Wildman–Crippen LogP) is 3.29. The summed E-state index contributed by atoms with van der Waals surface area (Å²) in [6.07, 6.45) is 3.50. The Hall–Kier alpha value is -0.0400. The lowest BCUT2D eigenvalue weighted by molar-refractivity contribution is -0.127. The zero-order valence-corrected chi connectivity index (χ0v) is 16.2. The number of halogens is 1. The second kappa shape index (κ2) is 7.82. The maximum absolute atomic E-state index is 6.02. The quantitative estimate of drug-likeness (QED) is 0.425. The normalized spacial score (nSPS) is 25.6. The van der Waals surface area contributed by atoms with Crippen LogP contribution in [0.25, 0.3) is 0 Å². The van der Waals surface area contributed by atoms with Crippen molar-refractivity contribution in [2.45, 2.75) is 78.5 Å². The van der Waals surface area contributed by atoms with E-state index in [0.29, 0.717) is 12.1 Å². The molecule has 2 atom stereocenters. The van der Waals surface area contributed by atoms with Gasteiger partial charge in [-0.05, 0) is 47.0 Å². The highest BCUT2D eigenvalue weighted by atomic mass is 127. The van der Waals surface area contributed by atoms with Crippen LogP contribution in [0.2, 0.25) is 0 Å². The van der Waals surface area contributed by atoms with Gasteiger partial charge in [0, 0.05) is 17.6 Å². The average Bonchev–Trinajstić information content (AvgIpc) is 2.27. The predicted molar refractivity (Wildman–Crippen MR) is 96.8 cm³/mol. The topological polar surface area (TPSA) is 59.6 Å². The van der Waals surface area contributed by atoms with Crippen LogP contribution >= 0.6 is 24.0 Å². The summed E-state index contributed by atoms with van der Waals surface area (Å²) in [5.41, 5.74) is 6.14. The van der Waals surface area contributed by atoms with Crippen LogP contribution in [-0.4, -0.2) is 30.3 Å². The van der Waals surface area contributed by atoms with Crippen LogP contribution in [0.3, 0.4) is 0 Å². The standard InChI is InChI=1S/C15H31N3O.HI/c1-7-15(8-2)11(10-12(15)19-9-3)17-13(16)18-14(4,5)6;/h11-12H,7-10H2,1-6H3,(H3,16,17,18);1H. The van der Waals surface area contributed by atoms with Crippen LogP contribution in [-0.2, 0) is 4.74 Å². The van der Waals surface area contributed by atoms with E-state index in [-0.39, 0.29) is 41.0 Å². The number of aliphatic imine (C=N–C) groups is 1. The molecule has 0 bridgehead atoms. The Morgan fingerprint density at radius 2 is 1.85 bits per heavy atom. The fourth-order valence-corrected chi connectivity index (χ4v) is 3.10. The van der Waals surface area contributed by atoms with Gasteiger partial charge in [-0.1, -0.05) is 13.8 Å². The maximum atomic E-state index is 6.02. The van der Waals surface area contributed by atoms with Crippen molar-refractivity contribution in [1.29, 1.82) is 0 Å². The lowest BCUT2D eigenvalue weighted by Crippen LogP contribution is -2.58. The molecule has 0 aliphatic heterocycles. The number of nitrogens with zero attached hydrogens (tertiary/aromatic N) is 1. The fourth-order valence-electron chi connectivity index (χ4n) is 3.10. The first-order chi connectivity index (χ1) is 8.79. The molecule has 20 heavy (non-hydrogen) atoms. The zero-order chi connectivity index (χ0) is 14.7. The van der Waals surface area contributed by atoms with Gasteiger partial charge in [0.1, 0.15) is 0 Å². The summed E-state index contributed by atoms with van der Waals surface area (Å²) in [6, 6.07) is 0.286. The van der Waals surface area contributed by atoms with E-state index < -0.39 is 0 Å². The number of hydrogen-bond donors (Lipinski definition) is 2. The van der Waals surface area contributed by atoms with Gasteiger partial charge in [-0.3, -0.25) is 0 Å². The van der Waals surface area contributed by atoms with Gasteiger partial charge in [-0.25, -0.2) is 4.99 Å². The summed E-state index contributed by atoms with van der Waals surface area (Å²) in [4.78, 5) is 4.70. The van der Waals surface area contributed by atoms with Crippen molar-refractivity contribution < 1.29 is 4.74 Å². The van der Waals surface area contributed by atoms with Crippen molar-refractivity contribution in [3.63, 3.8) is 0 Å². The number of nitrogens with one attached hydrogen (secondary N) is 1. The molecule has 0 amide bonds.